The minimum Gasteiger partial charge on any atom is -1.00 e. The van der Waals surface area contributed by atoms with E-state index in [1.807, 2.05) is 0 Å². The number of ketones is 1. The maximum atomic E-state index is 13.0. The molecular formula is C20H33N2NaO7S. The van der Waals surface area contributed by atoms with Crippen molar-refractivity contribution in [1.29, 1.82) is 0 Å². The predicted molar refractivity (Wildman–Crippen MR) is 113 cm³/mol. The van der Waals surface area contributed by atoms with Gasteiger partial charge in [0.15, 0.2) is 0 Å². The van der Waals surface area contributed by atoms with Crippen molar-refractivity contribution in [2.45, 2.75) is 64.2 Å². The van der Waals surface area contributed by atoms with Crippen molar-refractivity contribution in [3.8, 4) is 0 Å². The predicted octanol–water partition coefficient (Wildman–Crippen LogP) is -1.04. The van der Waals surface area contributed by atoms with Gasteiger partial charge in [0.25, 0.3) is 4.93 Å². The monoisotopic (exact) mass is 468 g/mol. The molecule has 0 aliphatic heterocycles. The minimum absolute atomic E-state index is 0. The maximum Gasteiger partial charge on any atom is 1.00 e. The minimum atomic E-state index is -5.29. The van der Waals surface area contributed by atoms with Gasteiger partial charge >= 0.3 is 45.8 Å². The number of alkyl carbamates (subject to hydrolysis) is 1. The summed E-state index contributed by atoms with van der Waals surface area (Å²) >= 11 is 0. The number of nitrogens with two attached hydrogens (primary N) is 1. The first-order valence-corrected chi connectivity index (χ1v) is 11.2. The fourth-order valence-electron chi connectivity index (χ4n) is 3.03. The van der Waals surface area contributed by atoms with Crippen LogP contribution in [0.15, 0.2) is 30.3 Å². The number of rotatable bonds is 11. The Balaban J connectivity index is 0. The van der Waals surface area contributed by atoms with Crippen LogP contribution in [0, 0.1) is 11.8 Å². The molecule has 11 heteroatoms. The van der Waals surface area contributed by atoms with E-state index >= 15 is 0 Å². The van der Waals surface area contributed by atoms with Crippen molar-refractivity contribution in [2.24, 2.45) is 17.6 Å². The van der Waals surface area contributed by atoms with E-state index < -0.39 is 39.0 Å². The fraction of sp³-hybridized carbons (Fsp3) is 0.600. The summed E-state index contributed by atoms with van der Waals surface area (Å²) in [5.74, 6) is -1.61. The Labute approximate surface area is 207 Å². The summed E-state index contributed by atoms with van der Waals surface area (Å²) in [6, 6.07) is 5.80. The molecule has 0 heterocycles. The summed E-state index contributed by atoms with van der Waals surface area (Å²) in [4.78, 5) is 22.0. The third-order valence-electron chi connectivity index (χ3n) is 4.50. The van der Waals surface area contributed by atoms with E-state index in [-0.39, 0.29) is 62.3 Å². The van der Waals surface area contributed by atoms with E-state index in [1.54, 1.807) is 58.0 Å². The second-order valence-corrected chi connectivity index (χ2v) is 9.73. The number of benzene rings is 1. The van der Waals surface area contributed by atoms with E-state index in [4.69, 9.17) is 10.5 Å². The van der Waals surface area contributed by atoms with Crippen LogP contribution in [0.1, 0.15) is 47.5 Å². The first-order valence-electron chi connectivity index (χ1n) is 9.75. The molecule has 1 rings (SSSR count). The van der Waals surface area contributed by atoms with Crippen LogP contribution < -0.4 is 40.6 Å². The number of carbonyl (C=O) groups excluding carboxylic acids is 2. The molecule has 0 radical (unpaired) electrons. The number of amides is 1. The Kier molecular flexibility index (Phi) is 12.5. The number of nitrogens with one attached hydrogen (secondary N) is 1. The fourth-order valence-corrected chi connectivity index (χ4v) is 3.90. The maximum absolute atomic E-state index is 13.0. The third kappa shape index (κ3) is 8.80. The first-order chi connectivity index (χ1) is 13.8. The van der Waals surface area contributed by atoms with Gasteiger partial charge in [0, 0.05) is 0 Å². The molecule has 0 bridgehead atoms. The van der Waals surface area contributed by atoms with Gasteiger partial charge in [0.05, 0.1) is 12.1 Å². The zero-order valence-corrected chi connectivity index (χ0v) is 21.6. The van der Waals surface area contributed by atoms with Crippen molar-refractivity contribution < 1.29 is 63.4 Å². The summed E-state index contributed by atoms with van der Waals surface area (Å²) < 4.78 is 38.7. The zero-order chi connectivity index (χ0) is 23.1. The molecule has 5 N–H and O–H groups in total. The van der Waals surface area contributed by atoms with Crippen molar-refractivity contribution in [3.63, 3.8) is 0 Å². The quantitative estimate of drug-likeness (QED) is 0.237. The molecule has 0 saturated heterocycles. The SMILES string of the molecule is CC(C)CC(N)C(O)(C(=O)[C@H](CC(C)C)NC(=O)OCc1ccccc1)S(=O)(=O)O.[H-].[Na+]. The summed E-state index contributed by atoms with van der Waals surface area (Å²) in [6.07, 6.45) is -1.01. The normalized spacial score (nSPS) is 15.5. The first kappa shape index (κ1) is 30.0. The Bertz CT molecular complexity index is 824. The number of hydrogen-bond acceptors (Lipinski definition) is 7. The van der Waals surface area contributed by atoms with Crippen LogP contribution in [0.3, 0.4) is 0 Å². The molecule has 0 aliphatic carbocycles. The Morgan fingerprint density at radius 3 is 2.10 bits per heavy atom. The van der Waals surface area contributed by atoms with Crippen molar-refractivity contribution in [2.75, 3.05) is 0 Å². The van der Waals surface area contributed by atoms with Crippen LogP contribution >= 0.6 is 0 Å². The van der Waals surface area contributed by atoms with Gasteiger partial charge in [0.1, 0.15) is 6.61 Å². The molecule has 0 aromatic heterocycles. The molecular weight excluding hydrogens is 435 g/mol. The third-order valence-corrected chi connectivity index (χ3v) is 5.79. The Morgan fingerprint density at radius 1 is 1.13 bits per heavy atom. The number of carbonyl (C=O) groups is 2. The molecule has 3 atom stereocenters. The van der Waals surface area contributed by atoms with Crippen molar-refractivity contribution in [1.82, 2.24) is 5.32 Å². The van der Waals surface area contributed by atoms with Gasteiger partial charge < -0.3 is 22.3 Å². The second kappa shape index (κ2) is 12.9. The van der Waals surface area contributed by atoms with Gasteiger partial charge in [-0.05, 0) is 30.2 Å². The summed E-state index contributed by atoms with van der Waals surface area (Å²) in [5, 5.41) is 13.0. The Hall–Kier alpha value is -1.01. The van der Waals surface area contributed by atoms with Crippen LogP contribution in [-0.4, -0.2) is 47.0 Å². The van der Waals surface area contributed by atoms with Crippen LogP contribution in [0.2, 0.25) is 0 Å². The van der Waals surface area contributed by atoms with Gasteiger partial charge in [-0.1, -0.05) is 58.0 Å². The molecule has 9 nitrogen and oxygen atoms in total. The molecule has 0 aliphatic rings. The Morgan fingerprint density at radius 2 is 1.65 bits per heavy atom. The van der Waals surface area contributed by atoms with Gasteiger partial charge in [-0.25, -0.2) is 4.79 Å². The molecule has 172 valence electrons. The zero-order valence-electron chi connectivity index (χ0n) is 19.7. The molecule has 1 amide bonds. The van der Waals surface area contributed by atoms with Crippen LogP contribution in [-0.2, 0) is 26.3 Å². The van der Waals surface area contributed by atoms with E-state index in [1.165, 1.54) is 0 Å². The van der Waals surface area contributed by atoms with Crippen LogP contribution in [0.4, 0.5) is 4.79 Å². The van der Waals surface area contributed by atoms with E-state index in [9.17, 15) is 27.7 Å². The van der Waals surface area contributed by atoms with Crippen LogP contribution in [0.25, 0.3) is 0 Å². The smallest absolute Gasteiger partial charge is 1.00 e. The van der Waals surface area contributed by atoms with Gasteiger partial charge in [-0.2, -0.15) is 8.42 Å². The molecule has 31 heavy (non-hydrogen) atoms. The van der Waals surface area contributed by atoms with E-state index in [2.05, 4.69) is 5.32 Å². The summed E-state index contributed by atoms with van der Waals surface area (Å²) in [5.41, 5.74) is 6.54. The molecule has 0 fully saturated rings. The molecule has 1 aromatic rings. The average Bonchev–Trinajstić information content (AvgIpc) is 2.63. The van der Waals surface area contributed by atoms with E-state index in [0.29, 0.717) is 5.56 Å². The van der Waals surface area contributed by atoms with Crippen LogP contribution in [0.5, 0.6) is 0 Å². The van der Waals surface area contributed by atoms with Crippen molar-refractivity contribution >= 4 is 22.0 Å². The number of ether oxygens (including phenoxy) is 1. The summed E-state index contributed by atoms with van der Waals surface area (Å²) in [7, 11) is -5.29. The topological polar surface area (TPSA) is 156 Å². The standard InChI is InChI=1S/C20H32N2O7S.Na.H/c1-13(2)10-16(22-19(24)29-12-15-8-6-5-7-9-15)18(23)20(25,30(26,27)28)17(21)11-14(3)4;;/h5-9,13-14,16-17,25H,10-12,21H2,1-4H3,(H,22,24)(H,26,27,28);;/q;+1;-1/t16-,17?,20?;;/m0../s1. The van der Waals surface area contributed by atoms with Gasteiger partial charge in [-0.15, -0.1) is 0 Å². The molecule has 2 unspecified atom stereocenters. The van der Waals surface area contributed by atoms with Gasteiger partial charge in [-0.3, -0.25) is 9.35 Å². The molecule has 0 spiro atoms. The largest absolute Gasteiger partial charge is 1.00 e. The number of aliphatic hydroxyl groups is 1. The molecule has 0 saturated carbocycles. The summed E-state index contributed by atoms with van der Waals surface area (Å²) in [6.45, 7) is 6.87. The number of hydrogen-bond donors (Lipinski definition) is 4. The number of Topliss-reactive ketones (excluding diaryl/α,β-unsaturated/α-hetero) is 1. The second-order valence-electron chi connectivity index (χ2n) is 8.16. The van der Waals surface area contributed by atoms with Crippen molar-refractivity contribution in [3.05, 3.63) is 35.9 Å². The molecule has 1 aromatic carbocycles. The van der Waals surface area contributed by atoms with Gasteiger partial charge in [0.2, 0.25) is 5.78 Å². The average molecular weight is 469 g/mol. The van der Waals surface area contributed by atoms with E-state index in [0.717, 1.165) is 0 Å².